The zero-order valence-electron chi connectivity index (χ0n) is 7.90. The third kappa shape index (κ3) is 1.15. The van der Waals surface area contributed by atoms with Gasteiger partial charge in [-0.25, -0.2) is 4.98 Å². The molecular formula is C11H9N3S. The van der Waals surface area contributed by atoms with Crippen LogP contribution in [0.3, 0.4) is 0 Å². The minimum Gasteiger partial charge on any atom is -0.398 e. The number of nitrogens with zero attached hydrogens (tertiary/aromatic N) is 1. The van der Waals surface area contributed by atoms with Crippen LogP contribution in [-0.4, -0.2) is 4.98 Å². The summed E-state index contributed by atoms with van der Waals surface area (Å²) in [6.07, 6.45) is 0. The van der Waals surface area contributed by atoms with Crippen molar-refractivity contribution in [3.8, 4) is 0 Å². The average Bonchev–Trinajstić information content (AvgIpc) is 2.59. The largest absolute Gasteiger partial charge is 0.398 e. The van der Waals surface area contributed by atoms with Crippen molar-refractivity contribution in [1.82, 2.24) is 4.98 Å². The minimum absolute atomic E-state index is 0.597. The van der Waals surface area contributed by atoms with E-state index >= 15 is 0 Å². The molecule has 1 heterocycles. The fourth-order valence-corrected chi connectivity index (χ4v) is 2.54. The van der Waals surface area contributed by atoms with E-state index in [1.54, 1.807) is 0 Å². The number of nitrogens with two attached hydrogens (primary N) is 2. The second-order valence-corrected chi connectivity index (χ2v) is 4.47. The van der Waals surface area contributed by atoms with E-state index in [0.717, 1.165) is 26.7 Å². The van der Waals surface area contributed by atoms with E-state index in [1.165, 1.54) is 11.3 Å². The van der Waals surface area contributed by atoms with Crippen LogP contribution in [0, 0.1) is 0 Å². The molecular weight excluding hydrogens is 206 g/mol. The lowest BCUT2D eigenvalue weighted by Gasteiger charge is -2.01. The molecule has 3 aromatic rings. The second kappa shape index (κ2) is 2.84. The lowest BCUT2D eigenvalue weighted by Crippen LogP contribution is -1.86. The molecule has 2 aromatic carbocycles. The first-order valence-electron chi connectivity index (χ1n) is 4.59. The molecule has 0 aliphatic rings. The Hall–Kier alpha value is -1.81. The van der Waals surface area contributed by atoms with Crippen LogP contribution >= 0.6 is 11.3 Å². The maximum atomic E-state index is 5.90. The number of hydrogen-bond donors (Lipinski definition) is 2. The molecule has 0 saturated heterocycles. The summed E-state index contributed by atoms with van der Waals surface area (Å²) in [6.45, 7) is 0. The van der Waals surface area contributed by atoms with Gasteiger partial charge in [-0.05, 0) is 12.1 Å². The Bertz CT molecular complexity index is 657. The highest BCUT2D eigenvalue weighted by Crippen LogP contribution is 2.32. The van der Waals surface area contributed by atoms with Gasteiger partial charge in [-0.15, -0.1) is 0 Å². The molecule has 3 nitrogen and oxygen atoms in total. The molecule has 0 aliphatic heterocycles. The van der Waals surface area contributed by atoms with Crippen molar-refractivity contribution < 1.29 is 0 Å². The number of hydrogen-bond acceptors (Lipinski definition) is 4. The summed E-state index contributed by atoms with van der Waals surface area (Å²) in [5, 5.41) is 2.70. The predicted octanol–water partition coefficient (Wildman–Crippen LogP) is 2.61. The molecule has 0 bridgehead atoms. The zero-order valence-corrected chi connectivity index (χ0v) is 8.71. The first-order valence-corrected chi connectivity index (χ1v) is 5.40. The molecule has 4 heteroatoms. The van der Waals surface area contributed by atoms with Gasteiger partial charge in [0.25, 0.3) is 0 Å². The fraction of sp³-hybridized carbons (Fsp3) is 0. The number of fused-ring (bicyclic) bond motifs is 3. The van der Waals surface area contributed by atoms with Crippen LogP contribution in [0.1, 0.15) is 0 Å². The Kier molecular flexibility index (Phi) is 1.61. The number of thiazole rings is 1. The molecule has 4 N–H and O–H groups in total. The van der Waals surface area contributed by atoms with Crippen LogP contribution in [0.5, 0.6) is 0 Å². The van der Waals surface area contributed by atoms with Crippen molar-refractivity contribution in [2.75, 3.05) is 11.5 Å². The van der Waals surface area contributed by atoms with Crippen molar-refractivity contribution in [2.45, 2.75) is 0 Å². The summed E-state index contributed by atoms with van der Waals surface area (Å²) in [7, 11) is 0. The minimum atomic E-state index is 0.597. The highest BCUT2D eigenvalue weighted by molar-refractivity contribution is 7.22. The lowest BCUT2D eigenvalue weighted by molar-refractivity contribution is 1.51. The molecule has 0 fully saturated rings. The SMILES string of the molecule is Nc1nc2c(ccc3c(N)cccc32)s1. The van der Waals surface area contributed by atoms with Crippen LogP contribution in [-0.2, 0) is 0 Å². The monoisotopic (exact) mass is 215 g/mol. The van der Waals surface area contributed by atoms with Crippen LogP contribution in [0.15, 0.2) is 30.3 Å². The third-order valence-corrected chi connectivity index (χ3v) is 3.32. The molecule has 15 heavy (non-hydrogen) atoms. The molecule has 1 aromatic heterocycles. The summed E-state index contributed by atoms with van der Waals surface area (Å²) >= 11 is 1.50. The summed E-state index contributed by atoms with van der Waals surface area (Å²) in [6, 6.07) is 9.89. The first kappa shape index (κ1) is 8.49. The van der Waals surface area contributed by atoms with Gasteiger partial charge in [-0.3, -0.25) is 0 Å². The smallest absolute Gasteiger partial charge is 0.181 e. The van der Waals surface area contributed by atoms with Crippen molar-refractivity contribution in [1.29, 1.82) is 0 Å². The Labute approximate surface area is 90.3 Å². The van der Waals surface area contributed by atoms with Crippen molar-refractivity contribution in [3.63, 3.8) is 0 Å². The normalized spacial score (nSPS) is 11.2. The van der Waals surface area contributed by atoms with Crippen LogP contribution in [0.4, 0.5) is 10.8 Å². The summed E-state index contributed by atoms with van der Waals surface area (Å²) in [5.74, 6) is 0. The van der Waals surface area contributed by atoms with Gasteiger partial charge in [-0.2, -0.15) is 0 Å². The zero-order chi connectivity index (χ0) is 10.4. The molecule has 0 saturated carbocycles. The lowest BCUT2D eigenvalue weighted by atomic mass is 10.1. The molecule has 74 valence electrons. The molecule has 0 unspecified atom stereocenters. The number of rotatable bonds is 0. The standard InChI is InChI=1S/C11H9N3S/c12-8-3-1-2-7-6(8)4-5-9-10(7)14-11(13)15-9/h1-5H,12H2,(H2,13,14). The number of aromatic nitrogens is 1. The average molecular weight is 215 g/mol. The van der Waals surface area contributed by atoms with Crippen LogP contribution in [0.2, 0.25) is 0 Å². The van der Waals surface area contributed by atoms with Gasteiger partial charge in [0, 0.05) is 16.5 Å². The summed E-state index contributed by atoms with van der Waals surface area (Å²) in [4.78, 5) is 4.32. The topological polar surface area (TPSA) is 64.9 Å². The van der Waals surface area contributed by atoms with E-state index in [4.69, 9.17) is 11.5 Å². The van der Waals surface area contributed by atoms with E-state index in [-0.39, 0.29) is 0 Å². The Morgan fingerprint density at radius 2 is 1.87 bits per heavy atom. The van der Waals surface area contributed by atoms with E-state index < -0.39 is 0 Å². The van der Waals surface area contributed by atoms with Crippen LogP contribution in [0.25, 0.3) is 21.0 Å². The number of benzene rings is 2. The highest BCUT2D eigenvalue weighted by Gasteiger charge is 2.06. The highest BCUT2D eigenvalue weighted by atomic mass is 32.1. The predicted molar refractivity (Wildman–Crippen MR) is 66.0 cm³/mol. The van der Waals surface area contributed by atoms with Gasteiger partial charge in [0.15, 0.2) is 5.13 Å². The van der Waals surface area contributed by atoms with E-state index in [9.17, 15) is 0 Å². The maximum Gasteiger partial charge on any atom is 0.181 e. The van der Waals surface area contributed by atoms with Gasteiger partial charge in [0.2, 0.25) is 0 Å². The van der Waals surface area contributed by atoms with Gasteiger partial charge in [0.1, 0.15) is 0 Å². The van der Waals surface area contributed by atoms with Crippen molar-refractivity contribution in [2.24, 2.45) is 0 Å². The van der Waals surface area contributed by atoms with E-state index in [2.05, 4.69) is 4.98 Å². The van der Waals surface area contributed by atoms with Gasteiger partial charge in [0.05, 0.1) is 10.2 Å². The third-order valence-electron chi connectivity index (χ3n) is 2.47. The van der Waals surface area contributed by atoms with E-state index in [1.807, 2.05) is 30.3 Å². The Balaban J connectivity index is 2.59. The van der Waals surface area contributed by atoms with Gasteiger partial charge in [-0.1, -0.05) is 29.5 Å². The molecule has 0 aliphatic carbocycles. The molecule has 0 spiro atoms. The van der Waals surface area contributed by atoms with Crippen LogP contribution < -0.4 is 11.5 Å². The Morgan fingerprint density at radius 1 is 1.00 bits per heavy atom. The van der Waals surface area contributed by atoms with Gasteiger partial charge >= 0.3 is 0 Å². The maximum absolute atomic E-state index is 5.90. The molecule has 0 atom stereocenters. The second-order valence-electron chi connectivity index (χ2n) is 3.41. The number of nitrogen functional groups attached to an aromatic ring is 2. The quantitative estimate of drug-likeness (QED) is 0.566. The fourth-order valence-electron chi connectivity index (χ4n) is 1.79. The van der Waals surface area contributed by atoms with Crippen molar-refractivity contribution >= 4 is 43.1 Å². The first-order chi connectivity index (χ1) is 7.25. The molecule has 0 amide bonds. The summed E-state index contributed by atoms with van der Waals surface area (Å²) in [5.41, 5.74) is 13.3. The van der Waals surface area contributed by atoms with E-state index in [0.29, 0.717) is 5.13 Å². The molecule has 3 rings (SSSR count). The number of anilines is 2. The summed E-state index contributed by atoms with van der Waals surface area (Å²) < 4.78 is 1.10. The Morgan fingerprint density at radius 3 is 2.73 bits per heavy atom. The molecule has 0 radical (unpaired) electrons. The van der Waals surface area contributed by atoms with Gasteiger partial charge < -0.3 is 11.5 Å². The van der Waals surface area contributed by atoms with Crippen molar-refractivity contribution in [3.05, 3.63) is 30.3 Å².